The molecular formula is C23H27FN2O2S. The van der Waals surface area contributed by atoms with E-state index < -0.39 is 0 Å². The van der Waals surface area contributed by atoms with Crippen molar-refractivity contribution in [2.75, 3.05) is 12.9 Å². The highest BCUT2D eigenvalue weighted by Crippen LogP contribution is 2.29. The van der Waals surface area contributed by atoms with Gasteiger partial charge in [-0.3, -0.25) is 4.79 Å². The molecule has 4 nitrogen and oxygen atoms in total. The number of hydrogen-bond acceptors (Lipinski definition) is 4. The third-order valence-electron chi connectivity index (χ3n) is 4.85. The molecule has 0 aliphatic heterocycles. The van der Waals surface area contributed by atoms with E-state index in [2.05, 4.69) is 35.1 Å². The third kappa shape index (κ3) is 5.38. The molecule has 0 aliphatic carbocycles. The van der Waals surface area contributed by atoms with E-state index in [-0.39, 0.29) is 17.2 Å². The zero-order valence-electron chi connectivity index (χ0n) is 17.4. The van der Waals surface area contributed by atoms with Crippen molar-refractivity contribution in [1.82, 2.24) is 9.55 Å². The molecule has 0 bridgehead atoms. The minimum atomic E-state index is -0.327. The van der Waals surface area contributed by atoms with Crippen LogP contribution in [0, 0.1) is 11.2 Å². The van der Waals surface area contributed by atoms with Gasteiger partial charge in [-0.1, -0.05) is 26.0 Å². The molecular weight excluding hydrogens is 387 g/mol. The van der Waals surface area contributed by atoms with Crippen LogP contribution in [0.2, 0.25) is 0 Å². The summed E-state index contributed by atoms with van der Waals surface area (Å²) in [5.74, 6) is 0.330. The fourth-order valence-electron chi connectivity index (χ4n) is 3.47. The van der Waals surface area contributed by atoms with Crippen LogP contribution in [0.3, 0.4) is 0 Å². The van der Waals surface area contributed by atoms with Crippen LogP contribution in [0.15, 0.2) is 47.4 Å². The van der Waals surface area contributed by atoms with E-state index in [9.17, 15) is 9.18 Å². The molecule has 0 aliphatic rings. The van der Waals surface area contributed by atoms with Crippen molar-refractivity contribution in [3.05, 3.63) is 59.7 Å². The highest BCUT2D eigenvalue weighted by Gasteiger charge is 2.26. The molecule has 1 aromatic heterocycles. The number of halogens is 1. The summed E-state index contributed by atoms with van der Waals surface area (Å²) in [6, 6.07) is 13.1. The van der Waals surface area contributed by atoms with Gasteiger partial charge in [0.25, 0.3) is 0 Å². The lowest BCUT2D eigenvalue weighted by Gasteiger charge is -2.23. The van der Waals surface area contributed by atoms with E-state index in [1.807, 2.05) is 13.8 Å². The number of rotatable bonds is 8. The minimum absolute atomic E-state index is 0.209. The normalized spacial score (nSPS) is 11.8. The van der Waals surface area contributed by atoms with E-state index in [1.165, 1.54) is 17.0 Å². The second kappa shape index (κ2) is 8.99. The van der Waals surface area contributed by atoms with Gasteiger partial charge >= 0.3 is 5.97 Å². The number of imidazole rings is 1. The largest absolute Gasteiger partial charge is 0.466 e. The lowest BCUT2D eigenvalue weighted by Crippen LogP contribution is -2.23. The van der Waals surface area contributed by atoms with Crippen LogP contribution in [0.25, 0.3) is 11.0 Å². The molecule has 0 fully saturated rings. The van der Waals surface area contributed by atoms with Gasteiger partial charge in [0.15, 0.2) is 0 Å². The fraction of sp³-hybridized carbons (Fsp3) is 0.391. The molecule has 3 rings (SSSR count). The first-order valence-corrected chi connectivity index (χ1v) is 11.0. The smallest absolute Gasteiger partial charge is 0.306 e. The highest BCUT2D eigenvalue weighted by atomic mass is 32.2. The maximum Gasteiger partial charge on any atom is 0.306 e. The standard InChI is InChI=1S/C23H27FN2O2S/c1-5-28-22(27)14-23(2,3)13-21-25-19-12-17(24)8-11-20(19)26(21)15-16-6-9-18(29-4)10-7-16/h6-12H,5,13-15H2,1-4H3. The second-order valence-electron chi connectivity index (χ2n) is 7.92. The van der Waals surface area contributed by atoms with E-state index in [1.54, 1.807) is 24.8 Å². The monoisotopic (exact) mass is 414 g/mol. The number of nitrogens with zero attached hydrogens (tertiary/aromatic N) is 2. The van der Waals surface area contributed by atoms with E-state index in [4.69, 9.17) is 9.72 Å². The van der Waals surface area contributed by atoms with Gasteiger partial charge in [0, 0.05) is 23.9 Å². The summed E-state index contributed by atoms with van der Waals surface area (Å²) in [5, 5.41) is 0. The molecule has 154 valence electrons. The van der Waals surface area contributed by atoms with Crippen LogP contribution in [-0.2, 0) is 22.5 Å². The van der Waals surface area contributed by atoms with Crippen molar-refractivity contribution in [3.8, 4) is 0 Å². The van der Waals surface area contributed by atoms with Crippen LogP contribution >= 0.6 is 11.8 Å². The quantitative estimate of drug-likeness (QED) is 0.362. The van der Waals surface area contributed by atoms with Gasteiger partial charge < -0.3 is 9.30 Å². The number of ether oxygens (including phenoxy) is 1. The molecule has 0 saturated heterocycles. The van der Waals surface area contributed by atoms with Gasteiger partial charge in [0.05, 0.1) is 24.1 Å². The summed E-state index contributed by atoms with van der Waals surface area (Å²) in [7, 11) is 0. The summed E-state index contributed by atoms with van der Waals surface area (Å²) in [4.78, 5) is 17.9. The SMILES string of the molecule is CCOC(=O)CC(C)(C)Cc1nc2cc(F)ccc2n1Cc1ccc(SC)cc1. The summed E-state index contributed by atoms with van der Waals surface area (Å²) in [6.45, 7) is 6.88. The van der Waals surface area contributed by atoms with Crippen LogP contribution in [0.5, 0.6) is 0 Å². The van der Waals surface area contributed by atoms with Gasteiger partial charge in [0.1, 0.15) is 11.6 Å². The topological polar surface area (TPSA) is 44.1 Å². The van der Waals surface area contributed by atoms with Crippen molar-refractivity contribution >= 4 is 28.8 Å². The molecule has 1 heterocycles. The zero-order chi connectivity index (χ0) is 21.0. The van der Waals surface area contributed by atoms with Crippen molar-refractivity contribution in [1.29, 1.82) is 0 Å². The molecule has 0 amide bonds. The second-order valence-corrected chi connectivity index (χ2v) is 8.80. The van der Waals surface area contributed by atoms with Crippen LogP contribution in [0.1, 0.15) is 38.6 Å². The Balaban J connectivity index is 1.94. The molecule has 0 saturated carbocycles. The minimum Gasteiger partial charge on any atom is -0.466 e. The highest BCUT2D eigenvalue weighted by molar-refractivity contribution is 7.98. The van der Waals surface area contributed by atoms with E-state index >= 15 is 0 Å². The number of carbonyl (C=O) groups excluding carboxylic acids is 1. The van der Waals surface area contributed by atoms with Gasteiger partial charge in [-0.25, -0.2) is 9.37 Å². The summed E-state index contributed by atoms with van der Waals surface area (Å²) >= 11 is 1.71. The maximum absolute atomic E-state index is 13.8. The molecule has 0 atom stereocenters. The van der Waals surface area contributed by atoms with Crippen LogP contribution in [-0.4, -0.2) is 28.4 Å². The first kappa shape index (κ1) is 21.4. The summed E-state index contributed by atoms with van der Waals surface area (Å²) in [6.07, 6.45) is 2.95. The van der Waals surface area contributed by atoms with Crippen molar-refractivity contribution in [3.63, 3.8) is 0 Å². The number of carbonyl (C=O) groups is 1. The van der Waals surface area contributed by atoms with E-state index in [0.717, 1.165) is 16.9 Å². The van der Waals surface area contributed by atoms with Gasteiger partial charge in [-0.2, -0.15) is 0 Å². The number of fused-ring (bicyclic) bond motifs is 1. The Bertz CT molecular complexity index is 996. The average Bonchev–Trinajstić information content (AvgIpc) is 2.97. The summed E-state index contributed by atoms with van der Waals surface area (Å²) < 4.78 is 21.0. The van der Waals surface area contributed by atoms with Crippen molar-refractivity contribution in [2.45, 2.75) is 45.1 Å². The number of esters is 1. The Morgan fingerprint density at radius 2 is 1.93 bits per heavy atom. The Hall–Kier alpha value is -2.34. The predicted octanol–water partition coefficient (Wildman–Crippen LogP) is 5.47. The van der Waals surface area contributed by atoms with Crippen molar-refractivity contribution < 1.29 is 13.9 Å². The molecule has 3 aromatic rings. The predicted molar refractivity (Wildman–Crippen MR) is 116 cm³/mol. The van der Waals surface area contributed by atoms with Crippen LogP contribution < -0.4 is 0 Å². The Kier molecular flexibility index (Phi) is 6.63. The Morgan fingerprint density at radius 3 is 2.59 bits per heavy atom. The van der Waals surface area contributed by atoms with Gasteiger partial charge in [-0.15, -0.1) is 11.8 Å². The first-order chi connectivity index (χ1) is 13.8. The molecule has 0 spiro atoms. The molecule has 0 N–H and O–H groups in total. The third-order valence-corrected chi connectivity index (χ3v) is 5.60. The van der Waals surface area contributed by atoms with Crippen molar-refractivity contribution in [2.24, 2.45) is 5.41 Å². The molecule has 0 radical (unpaired) electrons. The lowest BCUT2D eigenvalue weighted by molar-refractivity contribution is -0.145. The number of thioether (sulfide) groups is 1. The Labute approximate surface area is 175 Å². The average molecular weight is 415 g/mol. The Morgan fingerprint density at radius 1 is 1.21 bits per heavy atom. The van der Waals surface area contributed by atoms with E-state index in [0.29, 0.717) is 31.5 Å². The molecule has 6 heteroatoms. The maximum atomic E-state index is 13.8. The van der Waals surface area contributed by atoms with Crippen LogP contribution in [0.4, 0.5) is 4.39 Å². The van der Waals surface area contributed by atoms with Gasteiger partial charge in [0.2, 0.25) is 0 Å². The zero-order valence-corrected chi connectivity index (χ0v) is 18.2. The molecule has 0 unspecified atom stereocenters. The molecule has 29 heavy (non-hydrogen) atoms. The fourth-order valence-corrected chi connectivity index (χ4v) is 3.88. The van der Waals surface area contributed by atoms with Gasteiger partial charge in [-0.05, 0) is 48.4 Å². The summed E-state index contributed by atoms with van der Waals surface area (Å²) in [5.41, 5.74) is 2.35. The molecule has 2 aromatic carbocycles. The number of hydrogen-bond donors (Lipinski definition) is 0. The number of aromatic nitrogens is 2. The lowest BCUT2D eigenvalue weighted by atomic mass is 9.85. The first-order valence-electron chi connectivity index (χ1n) is 9.74. The number of benzene rings is 2.